The van der Waals surface area contributed by atoms with E-state index in [1.165, 1.54) is 31.6 Å². The molecule has 3 nitrogen and oxygen atoms in total. The summed E-state index contributed by atoms with van der Waals surface area (Å²) in [6.45, 7) is 7.57. The van der Waals surface area contributed by atoms with E-state index >= 15 is 0 Å². The fraction of sp³-hybridized carbons (Fsp3) is 0.714. The topological polar surface area (TPSA) is 15.7 Å². The smallest absolute Gasteiger partial charge is 0.0593 e. The Balaban J connectivity index is 1.67. The van der Waals surface area contributed by atoms with Gasteiger partial charge in [-0.1, -0.05) is 0 Å². The van der Waals surface area contributed by atoms with Gasteiger partial charge in [-0.2, -0.15) is 11.3 Å². The standard InChI is InChI=1S/C14H22N2OS/c1-15-4-3-14(10-15)11-16(5-6-17-12-14)8-13-2-7-18-9-13/h2,7,9H,3-6,8,10-12H2,1H3. The molecule has 1 aromatic heterocycles. The summed E-state index contributed by atoms with van der Waals surface area (Å²) < 4.78 is 5.86. The number of thiophene rings is 1. The van der Waals surface area contributed by atoms with Gasteiger partial charge in [0.15, 0.2) is 0 Å². The Bertz CT molecular complexity index is 381. The van der Waals surface area contributed by atoms with Gasteiger partial charge in [0.25, 0.3) is 0 Å². The zero-order valence-electron chi connectivity index (χ0n) is 11.1. The number of hydrogen-bond acceptors (Lipinski definition) is 4. The number of hydrogen-bond donors (Lipinski definition) is 0. The van der Waals surface area contributed by atoms with Crippen molar-refractivity contribution in [2.24, 2.45) is 5.41 Å². The van der Waals surface area contributed by atoms with Gasteiger partial charge < -0.3 is 9.64 Å². The molecule has 100 valence electrons. The van der Waals surface area contributed by atoms with E-state index in [1.54, 1.807) is 11.3 Å². The van der Waals surface area contributed by atoms with Crippen LogP contribution in [0, 0.1) is 5.41 Å². The van der Waals surface area contributed by atoms with Crippen molar-refractivity contribution in [2.45, 2.75) is 13.0 Å². The highest BCUT2D eigenvalue weighted by Gasteiger charge is 2.39. The second kappa shape index (κ2) is 5.29. The van der Waals surface area contributed by atoms with E-state index < -0.39 is 0 Å². The average Bonchev–Trinajstić information content (AvgIpc) is 2.90. The summed E-state index contributed by atoms with van der Waals surface area (Å²) in [4.78, 5) is 5.02. The quantitative estimate of drug-likeness (QED) is 0.813. The molecule has 1 unspecified atom stereocenters. The minimum atomic E-state index is 0.376. The van der Waals surface area contributed by atoms with Gasteiger partial charge in [0.1, 0.15) is 0 Å². The van der Waals surface area contributed by atoms with Gasteiger partial charge >= 0.3 is 0 Å². The summed E-state index contributed by atoms with van der Waals surface area (Å²) in [5, 5.41) is 4.43. The van der Waals surface area contributed by atoms with Crippen molar-refractivity contribution in [3.8, 4) is 0 Å². The maximum absolute atomic E-state index is 5.86. The zero-order chi connectivity index (χ0) is 12.4. The van der Waals surface area contributed by atoms with Crippen molar-refractivity contribution >= 4 is 11.3 Å². The molecule has 0 saturated carbocycles. The third-order valence-corrected chi connectivity index (χ3v) is 4.87. The lowest BCUT2D eigenvalue weighted by Gasteiger charge is -2.31. The van der Waals surface area contributed by atoms with Crippen LogP contribution in [-0.2, 0) is 11.3 Å². The molecule has 0 amide bonds. The van der Waals surface area contributed by atoms with Crippen molar-refractivity contribution < 1.29 is 4.74 Å². The van der Waals surface area contributed by atoms with Crippen molar-refractivity contribution in [2.75, 3.05) is 46.4 Å². The summed E-state index contributed by atoms with van der Waals surface area (Å²) in [5.74, 6) is 0. The Kier molecular flexibility index (Phi) is 3.71. The Morgan fingerprint density at radius 2 is 2.33 bits per heavy atom. The Hall–Kier alpha value is -0.420. The summed E-state index contributed by atoms with van der Waals surface area (Å²) in [5.41, 5.74) is 1.82. The zero-order valence-corrected chi connectivity index (χ0v) is 11.9. The third-order valence-electron chi connectivity index (χ3n) is 4.13. The maximum atomic E-state index is 5.86. The van der Waals surface area contributed by atoms with Gasteiger partial charge in [0, 0.05) is 31.6 Å². The van der Waals surface area contributed by atoms with Crippen LogP contribution in [0.2, 0.25) is 0 Å². The fourth-order valence-electron chi connectivity index (χ4n) is 3.26. The van der Waals surface area contributed by atoms with Gasteiger partial charge in [-0.05, 0) is 42.4 Å². The third kappa shape index (κ3) is 2.77. The van der Waals surface area contributed by atoms with Crippen LogP contribution in [0.5, 0.6) is 0 Å². The number of likely N-dealkylation sites (tertiary alicyclic amines) is 1. The molecular formula is C14H22N2OS. The monoisotopic (exact) mass is 266 g/mol. The van der Waals surface area contributed by atoms with E-state index in [0.717, 1.165) is 26.3 Å². The van der Waals surface area contributed by atoms with Gasteiger partial charge in [-0.15, -0.1) is 0 Å². The first-order valence-corrected chi connectivity index (χ1v) is 7.70. The van der Waals surface area contributed by atoms with E-state index in [1.807, 2.05) is 0 Å². The Morgan fingerprint density at radius 1 is 1.39 bits per heavy atom. The molecule has 0 aliphatic carbocycles. The van der Waals surface area contributed by atoms with E-state index in [4.69, 9.17) is 4.74 Å². The van der Waals surface area contributed by atoms with E-state index in [9.17, 15) is 0 Å². The number of ether oxygens (including phenoxy) is 1. The minimum Gasteiger partial charge on any atom is -0.379 e. The van der Waals surface area contributed by atoms with Gasteiger partial charge in [-0.25, -0.2) is 0 Å². The van der Waals surface area contributed by atoms with Crippen LogP contribution in [-0.4, -0.2) is 56.2 Å². The first-order chi connectivity index (χ1) is 8.76. The molecule has 1 aromatic rings. The molecule has 3 heterocycles. The molecule has 1 atom stereocenters. The van der Waals surface area contributed by atoms with Crippen molar-refractivity contribution in [3.63, 3.8) is 0 Å². The fourth-order valence-corrected chi connectivity index (χ4v) is 3.92. The first-order valence-electron chi connectivity index (χ1n) is 6.76. The average molecular weight is 266 g/mol. The van der Waals surface area contributed by atoms with Crippen LogP contribution in [0.4, 0.5) is 0 Å². The molecule has 1 spiro atoms. The van der Waals surface area contributed by atoms with Crippen LogP contribution < -0.4 is 0 Å². The van der Waals surface area contributed by atoms with Crippen molar-refractivity contribution in [1.29, 1.82) is 0 Å². The summed E-state index contributed by atoms with van der Waals surface area (Å²) in [6.07, 6.45) is 1.28. The maximum Gasteiger partial charge on any atom is 0.0593 e. The SMILES string of the molecule is CN1CCC2(COCCN(Cc3ccsc3)C2)C1. The second-order valence-corrected chi connectivity index (χ2v) is 6.66. The Labute approximate surface area is 113 Å². The summed E-state index contributed by atoms with van der Waals surface area (Å²) in [6, 6.07) is 2.24. The highest BCUT2D eigenvalue weighted by molar-refractivity contribution is 7.07. The van der Waals surface area contributed by atoms with Crippen LogP contribution in [0.25, 0.3) is 0 Å². The molecule has 4 heteroatoms. The molecule has 0 aromatic carbocycles. The van der Waals surface area contributed by atoms with E-state index in [0.29, 0.717) is 5.41 Å². The summed E-state index contributed by atoms with van der Waals surface area (Å²) >= 11 is 1.79. The number of nitrogens with zero attached hydrogens (tertiary/aromatic N) is 2. The molecule has 0 N–H and O–H groups in total. The summed E-state index contributed by atoms with van der Waals surface area (Å²) in [7, 11) is 2.23. The van der Waals surface area contributed by atoms with Crippen LogP contribution in [0.15, 0.2) is 16.8 Å². The molecular weight excluding hydrogens is 244 g/mol. The second-order valence-electron chi connectivity index (χ2n) is 5.88. The van der Waals surface area contributed by atoms with E-state index in [2.05, 4.69) is 33.7 Å². The molecule has 2 saturated heterocycles. The first kappa shape index (κ1) is 12.6. The highest BCUT2D eigenvalue weighted by Crippen LogP contribution is 2.33. The predicted molar refractivity (Wildman–Crippen MR) is 75.0 cm³/mol. The lowest BCUT2D eigenvalue weighted by atomic mass is 9.87. The lowest BCUT2D eigenvalue weighted by Crippen LogP contribution is -2.39. The van der Waals surface area contributed by atoms with Crippen LogP contribution >= 0.6 is 11.3 Å². The van der Waals surface area contributed by atoms with Crippen LogP contribution in [0.3, 0.4) is 0 Å². The van der Waals surface area contributed by atoms with Gasteiger partial charge in [0.2, 0.25) is 0 Å². The molecule has 2 aliphatic heterocycles. The van der Waals surface area contributed by atoms with Crippen molar-refractivity contribution in [1.82, 2.24) is 9.80 Å². The highest BCUT2D eigenvalue weighted by atomic mass is 32.1. The molecule has 0 radical (unpaired) electrons. The van der Waals surface area contributed by atoms with Gasteiger partial charge in [-0.3, -0.25) is 4.90 Å². The largest absolute Gasteiger partial charge is 0.379 e. The molecule has 3 rings (SSSR count). The molecule has 2 fully saturated rings. The Morgan fingerprint density at radius 3 is 3.06 bits per heavy atom. The van der Waals surface area contributed by atoms with E-state index in [-0.39, 0.29) is 0 Å². The van der Waals surface area contributed by atoms with Crippen LogP contribution in [0.1, 0.15) is 12.0 Å². The van der Waals surface area contributed by atoms with Gasteiger partial charge in [0.05, 0.1) is 13.2 Å². The normalized spacial score (nSPS) is 30.9. The minimum absolute atomic E-state index is 0.376. The lowest BCUT2D eigenvalue weighted by molar-refractivity contribution is 0.0730. The molecule has 2 aliphatic rings. The number of rotatable bonds is 2. The molecule has 0 bridgehead atoms. The molecule has 18 heavy (non-hydrogen) atoms. The predicted octanol–water partition coefficient (Wildman–Crippen LogP) is 1.90. The van der Waals surface area contributed by atoms with Crippen molar-refractivity contribution in [3.05, 3.63) is 22.4 Å².